The maximum atomic E-state index is 14.0. The summed E-state index contributed by atoms with van der Waals surface area (Å²) in [4.78, 5) is 68.8. The van der Waals surface area contributed by atoms with Crippen LogP contribution in [0.4, 0.5) is 30.4 Å². The molecule has 0 saturated carbocycles. The number of aryl methyl sites for hydroxylation is 1. The van der Waals surface area contributed by atoms with Crippen molar-refractivity contribution in [1.82, 2.24) is 20.2 Å². The number of likely N-dealkylation sites (tertiary alicyclic amines) is 1. The molecule has 3 amide bonds. The summed E-state index contributed by atoms with van der Waals surface area (Å²) in [6.07, 6.45) is 0.359. The number of unbranched alkanes of at least 4 members (excludes halogenated alkanes) is 1. The third-order valence-electron chi connectivity index (χ3n) is 12.3. The first-order valence-electron chi connectivity index (χ1n) is 23.0. The van der Waals surface area contributed by atoms with E-state index in [1.807, 2.05) is 81.4 Å². The Hall–Kier alpha value is -7.01. The molecule has 4 heterocycles. The second kappa shape index (κ2) is 21.5. The third kappa shape index (κ3) is 12.0. The number of aliphatic hydroxyl groups is 1. The van der Waals surface area contributed by atoms with Gasteiger partial charge in [-0.15, -0.1) is 4.98 Å². The van der Waals surface area contributed by atoms with Crippen LogP contribution in [-0.4, -0.2) is 98.7 Å². The molecule has 3 atom stereocenters. The van der Waals surface area contributed by atoms with E-state index in [9.17, 15) is 37.5 Å². The van der Waals surface area contributed by atoms with Crippen molar-refractivity contribution in [2.24, 2.45) is 5.41 Å². The number of carbonyl (C=O) groups excluding carboxylic acids is 4. The smallest absolute Gasteiger partial charge is 0.409 e. The number of carbonyl (C=O) groups is 4. The van der Waals surface area contributed by atoms with Crippen LogP contribution in [0.2, 0.25) is 0 Å². The van der Waals surface area contributed by atoms with E-state index < -0.39 is 64.4 Å². The van der Waals surface area contributed by atoms with Gasteiger partial charge < -0.3 is 39.0 Å². The summed E-state index contributed by atoms with van der Waals surface area (Å²) in [5.41, 5.74) is 0.615. The lowest BCUT2D eigenvalue weighted by Gasteiger charge is -2.35. The number of aliphatic hydroxyl groups excluding tert-OH is 1. The summed E-state index contributed by atoms with van der Waals surface area (Å²) in [6, 6.07) is 21.1. The number of benzene rings is 3. The molecule has 0 unspecified atom stereocenters. The minimum Gasteiger partial charge on any atom is -0.494 e. The maximum absolute atomic E-state index is 14.0. The minimum absolute atomic E-state index is 0.00840. The first kappa shape index (κ1) is 51.8. The number of ketones is 1. The zero-order valence-electron chi connectivity index (χ0n) is 39.9. The number of rotatable bonds is 18. The van der Waals surface area contributed by atoms with E-state index in [1.54, 1.807) is 37.1 Å². The minimum atomic E-state index is -4.86. The van der Waals surface area contributed by atoms with Crippen LogP contribution in [0, 0.1) is 12.0 Å². The predicted octanol–water partition coefficient (Wildman–Crippen LogP) is 8.76. The zero-order valence-corrected chi connectivity index (χ0v) is 40.7. The summed E-state index contributed by atoms with van der Waals surface area (Å²) in [6.45, 7) is 16.2. The second-order valence-electron chi connectivity index (χ2n) is 18.9. The molecule has 19 heteroatoms. The standard InChI is InChI=1S/C52H54F3N7O8S/c1-50(2,3)44(47(66)60-30-38(63)28-41(60)42(64)22-11-32-9-12-35(13-10-32)46-57-23-26-70-46)59-43(65)31-68-24-7-8-25-69-39-20-16-34(17-21-39)33-14-18-36(19-15-33)62-49(71)61(48(67)51(62,4)5)37-27-40(52(53,54)55)45(56-6)58-29-37/h9-10,12-21,23,26-27,29,38,41,44,63H,7-8,11,22,24-25,28,30-31H2,1-5H3,(H,59,65)/t38-,41+,44-/m1/s1. The molecule has 71 heavy (non-hydrogen) atoms. The molecule has 2 saturated heterocycles. The first-order chi connectivity index (χ1) is 33.7. The predicted molar refractivity (Wildman–Crippen MR) is 262 cm³/mol. The Labute approximate surface area is 414 Å². The molecule has 0 bridgehead atoms. The number of β-amino-alcohol motifs (C(OH)–C–C–N with tert-alkyl or cyclic N) is 1. The number of anilines is 2. The van der Waals surface area contributed by atoms with Gasteiger partial charge in [0.1, 0.15) is 36.4 Å². The highest BCUT2D eigenvalue weighted by Gasteiger charge is 2.51. The van der Waals surface area contributed by atoms with Gasteiger partial charge in [-0.3, -0.25) is 24.1 Å². The van der Waals surface area contributed by atoms with E-state index >= 15 is 0 Å². The fourth-order valence-electron chi connectivity index (χ4n) is 8.52. The van der Waals surface area contributed by atoms with E-state index in [4.69, 9.17) is 32.7 Å². The van der Waals surface area contributed by atoms with Gasteiger partial charge in [-0.2, -0.15) is 13.2 Å². The van der Waals surface area contributed by atoms with Gasteiger partial charge in [0.05, 0.1) is 36.2 Å². The van der Waals surface area contributed by atoms with Gasteiger partial charge in [-0.05, 0) is 110 Å². The van der Waals surface area contributed by atoms with Crippen molar-refractivity contribution in [2.75, 3.05) is 36.2 Å². The van der Waals surface area contributed by atoms with Crippen molar-refractivity contribution in [3.8, 4) is 28.3 Å². The third-order valence-corrected chi connectivity index (χ3v) is 12.7. The molecule has 2 fully saturated rings. The number of nitrogens with one attached hydrogen (secondary N) is 1. The summed E-state index contributed by atoms with van der Waals surface area (Å²) in [7, 11) is 0. The van der Waals surface area contributed by atoms with Crippen LogP contribution in [0.3, 0.4) is 0 Å². The number of oxazole rings is 1. The number of hydrogen-bond acceptors (Lipinski definition) is 11. The van der Waals surface area contributed by atoms with Gasteiger partial charge in [-0.25, -0.2) is 4.98 Å². The summed E-state index contributed by atoms with van der Waals surface area (Å²) in [5.74, 6) is -1.31. The van der Waals surface area contributed by atoms with E-state index in [1.165, 1.54) is 11.2 Å². The van der Waals surface area contributed by atoms with Gasteiger partial charge in [0.15, 0.2) is 10.9 Å². The van der Waals surface area contributed by atoms with Gasteiger partial charge in [0.2, 0.25) is 17.7 Å². The van der Waals surface area contributed by atoms with Crippen LogP contribution in [0.5, 0.6) is 5.75 Å². The van der Waals surface area contributed by atoms with E-state index in [2.05, 4.69) is 20.1 Å². The first-order valence-corrected chi connectivity index (χ1v) is 23.4. The van der Waals surface area contributed by atoms with Crippen molar-refractivity contribution in [3.05, 3.63) is 120 Å². The molecule has 3 aromatic carbocycles. The lowest BCUT2D eigenvalue weighted by molar-refractivity contribution is -0.144. The number of ether oxygens (including phenoxy) is 2. The summed E-state index contributed by atoms with van der Waals surface area (Å²) < 4.78 is 58.1. The van der Waals surface area contributed by atoms with Crippen molar-refractivity contribution in [3.63, 3.8) is 0 Å². The lowest BCUT2D eigenvalue weighted by atomic mass is 9.85. The molecule has 2 aliphatic rings. The zero-order chi connectivity index (χ0) is 51.3. The van der Waals surface area contributed by atoms with Crippen LogP contribution in [-0.2, 0) is 36.5 Å². The molecular weight excluding hydrogens is 940 g/mol. The Bertz CT molecular complexity index is 2770. The highest BCUT2D eigenvalue weighted by Crippen LogP contribution is 2.41. The molecule has 5 aromatic rings. The number of halogens is 3. The molecule has 0 radical (unpaired) electrons. The quantitative estimate of drug-likeness (QED) is 0.0487. The molecule has 0 aliphatic carbocycles. The number of nitrogens with zero attached hydrogens (tertiary/aromatic N) is 6. The molecular formula is C52H54F3N7O8S. The van der Waals surface area contributed by atoms with Crippen LogP contribution in [0.1, 0.15) is 71.4 Å². The Balaban J connectivity index is 0.841. The summed E-state index contributed by atoms with van der Waals surface area (Å²) in [5, 5.41) is 13.4. The average Bonchev–Trinajstić information content (AvgIpc) is 4.06. The normalized spacial score (nSPS) is 17.3. The maximum Gasteiger partial charge on any atom is 0.409 e. The van der Waals surface area contributed by atoms with Crippen molar-refractivity contribution < 1.29 is 51.3 Å². The number of pyridine rings is 1. The molecule has 0 spiro atoms. The number of Topliss-reactive ketones (excluding diaryl/α,β-unsaturated/α-hetero) is 1. The fourth-order valence-corrected chi connectivity index (χ4v) is 9.05. The Morgan fingerprint density at radius 2 is 1.61 bits per heavy atom. The number of amides is 3. The number of alkyl halides is 3. The average molecular weight is 994 g/mol. The Morgan fingerprint density at radius 1 is 0.958 bits per heavy atom. The van der Waals surface area contributed by atoms with Gasteiger partial charge >= 0.3 is 6.18 Å². The van der Waals surface area contributed by atoms with Crippen LogP contribution in [0.25, 0.3) is 27.4 Å². The van der Waals surface area contributed by atoms with Crippen LogP contribution in [0.15, 0.2) is 102 Å². The van der Waals surface area contributed by atoms with Crippen molar-refractivity contribution in [1.29, 1.82) is 0 Å². The van der Waals surface area contributed by atoms with Gasteiger partial charge in [-0.1, -0.05) is 63.7 Å². The summed E-state index contributed by atoms with van der Waals surface area (Å²) >= 11 is 5.65. The SMILES string of the molecule is [C-]#[N+]c1ncc(N2C(=O)C(C)(C)N(c3ccc(-c4ccc(OCCCCOCC(=O)N[C@H](C(=O)N5C[C@H](O)C[C@H]5C(=O)CCc5ccc(-c6ncco6)cc5)C(C)(C)C)cc4)cc3)C2=S)cc1C(F)(F)F. The van der Waals surface area contributed by atoms with Crippen LogP contribution < -0.4 is 19.9 Å². The molecule has 2 aliphatic heterocycles. The molecule has 2 N–H and O–H groups in total. The largest absolute Gasteiger partial charge is 0.494 e. The van der Waals surface area contributed by atoms with Crippen LogP contribution >= 0.6 is 12.2 Å². The Kier molecular flexibility index (Phi) is 15.7. The van der Waals surface area contributed by atoms with Crippen molar-refractivity contribution >= 4 is 58.0 Å². The van der Waals surface area contributed by atoms with Gasteiger partial charge in [0, 0.05) is 37.2 Å². The van der Waals surface area contributed by atoms with E-state index in [0.717, 1.165) is 33.4 Å². The molecule has 7 rings (SSSR count). The highest BCUT2D eigenvalue weighted by molar-refractivity contribution is 7.81. The van der Waals surface area contributed by atoms with Crippen molar-refractivity contribution in [2.45, 2.75) is 96.6 Å². The van der Waals surface area contributed by atoms with Gasteiger partial charge in [0.25, 0.3) is 11.7 Å². The fraction of sp³-hybridized carbons (Fsp3) is 0.385. The van der Waals surface area contributed by atoms with E-state index in [-0.39, 0.29) is 49.2 Å². The highest BCUT2D eigenvalue weighted by atomic mass is 32.1. The number of aromatic nitrogens is 2. The number of hydrogen-bond donors (Lipinski definition) is 2. The topological polar surface area (TPSA) is 172 Å². The lowest BCUT2D eigenvalue weighted by Crippen LogP contribution is -2.57. The molecule has 372 valence electrons. The number of thiocarbonyl (C=S) groups is 1. The van der Waals surface area contributed by atoms with E-state index in [0.29, 0.717) is 49.3 Å². The Morgan fingerprint density at radius 3 is 2.23 bits per heavy atom. The monoisotopic (exact) mass is 993 g/mol. The second-order valence-corrected chi connectivity index (χ2v) is 19.3. The molecule has 15 nitrogen and oxygen atoms in total. The molecule has 2 aromatic heterocycles.